The Hall–Kier alpha value is -1.27. The van der Waals surface area contributed by atoms with Gasteiger partial charge in [-0.3, -0.25) is 4.90 Å². The minimum Gasteiger partial charge on any atom is -0.444 e. The van der Waals surface area contributed by atoms with Crippen molar-refractivity contribution in [3.63, 3.8) is 0 Å². The van der Waals surface area contributed by atoms with Crippen molar-refractivity contribution in [2.45, 2.75) is 64.6 Å². The van der Waals surface area contributed by atoms with Crippen LogP contribution in [0, 0.1) is 0 Å². The highest BCUT2D eigenvalue weighted by atomic mass is 79.9. The largest absolute Gasteiger partial charge is 0.444 e. The Kier molecular flexibility index (Phi) is 6.69. The van der Waals surface area contributed by atoms with Gasteiger partial charge in [-0.2, -0.15) is 0 Å². The standard InChI is InChI=1S/C21H32BrN3O2/c1-21(2,3)27-20(26)23-18-7-6-10-24(15-18)14-16-8-9-17(22)13-19(16)25-11-4-5-12-25/h8-9,13,18H,4-7,10-12,14-15H2,1-3H3,(H,23,26)/t18-/m0/s1. The van der Waals surface area contributed by atoms with Crippen molar-refractivity contribution in [1.82, 2.24) is 10.2 Å². The second kappa shape index (κ2) is 8.82. The highest BCUT2D eigenvalue weighted by Gasteiger charge is 2.25. The van der Waals surface area contributed by atoms with Crippen molar-refractivity contribution in [3.05, 3.63) is 28.2 Å². The number of benzene rings is 1. The number of piperidine rings is 1. The average Bonchev–Trinajstić information content (AvgIpc) is 3.09. The van der Waals surface area contributed by atoms with E-state index in [0.29, 0.717) is 0 Å². The highest BCUT2D eigenvalue weighted by molar-refractivity contribution is 9.10. The lowest BCUT2D eigenvalue weighted by Gasteiger charge is -2.34. The van der Waals surface area contributed by atoms with E-state index in [9.17, 15) is 4.79 Å². The Morgan fingerprint density at radius 3 is 2.67 bits per heavy atom. The molecule has 0 spiro atoms. The van der Waals surface area contributed by atoms with Crippen LogP contribution in [0.1, 0.15) is 52.0 Å². The van der Waals surface area contributed by atoms with Gasteiger partial charge in [-0.05, 0) is 70.7 Å². The third-order valence-corrected chi connectivity index (χ3v) is 5.61. The van der Waals surface area contributed by atoms with Crippen molar-refractivity contribution in [2.24, 2.45) is 0 Å². The Bertz CT molecular complexity index is 653. The van der Waals surface area contributed by atoms with Crippen LogP contribution >= 0.6 is 15.9 Å². The molecule has 3 rings (SSSR count). The summed E-state index contributed by atoms with van der Waals surface area (Å²) in [6.07, 6.45) is 4.34. The number of likely N-dealkylation sites (tertiary alicyclic amines) is 1. The molecule has 150 valence electrons. The molecule has 0 saturated carbocycles. The van der Waals surface area contributed by atoms with Crippen LogP contribution in [0.15, 0.2) is 22.7 Å². The van der Waals surface area contributed by atoms with E-state index in [1.165, 1.54) is 24.1 Å². The van der Waals surface area contributed by atoms with Crippen molar-refractivity contribution in [2.75, 3.05) is 31.1 Å². The molecule has 1 aromatic rings. The predicted molar refractivity (Wildman–Crippen MR) is 113 cm³/mol. The van der Waals surface area contributed by atoms with E-state index in [4.69, 9.17) is 4.74 Å². The van der Waals surface area contributed by atoms with E-state index in [1.807, 2.05) is 20.8 Å². The molecule has 1 N–H and O–H groups in total. The molecule has 0 aliphatic carbocycles. The van der Waals surface area contributed by atoms with Gasteiger partial charge in [-0.1, -0.05) is 22.0 Å². The summed E-state index contributed by atoms with van der Waals surface area (Å²) in [5, 5.41) is 3.05. The number of nitrogens with zero attached hydrogens (tertiary/aromatic N) is 2. The molecule has 1 aromatic carbocycles. The van der Waals surface area contributed by atoms with Gasteiger partial charge in [0, 0.05) is 42.4 Å². The molecule has 2 heterocycles. The van der Waals surface area contributed by atoms with E-state index >= 15 is 0 Å². The van der Waals surface area contributed by atoms with Crippen molar-refractivity contribution >= 4 is 27.7 Å². The number of nitrogens with one attached hydrogen (secondary N) is 1. The first kappa shape index (κ1) is 20.5. The molecule has 1 amide bonds. The number of carbonyl (C=O) groups is 1. The number of hydrogen-bond acceptors (Lipinski definition) is 4. The summed E-state index contributed by atoms with van der Waals surface area (Å²) in [6, 6.07) is 6.78. The van der Waals surface area contributed by atoms with E-state index in [1.54, 1.807) is 0 Å². The molecule has 1 atom stereocenters. The van der Waals surface area contributed by atoms with Crippen LogP contribution in [0.5, 0.6) is 0 Å². The first-order valence-corrected chi connectivity index (χ1v) is 10.8. The summed E-state index contributed by atoms with van der Waals surface area (Å²) < 4.78 is 6.55. The third kappa shape index (κ3) is 6.11. The summed E-state index contributed by atoms with van der Waals surface area (Å²) in [7, 11) is 0. The Morgan fingerprint density at radius 1 is 1.22 bits per heavy atom. The van der Waals surface area contributed by atoms with Gasteiger partial charge in [-0.25, -0.2) is 4.79 Å². The van der Waals surface area contributed by atoms with E-state index in [-0.39, 0.29) is 12.1 Å². The quantitative estimate of drug-likeness (QED) is 0.750. The van der Waals surface area contributed by atoms with Gasteiger partial charge in [-0.15, -0.1) is 0 Å². The number of ether oxygens (including phenoxy) is 1. The van der Waals surface area contributed by atoms with Crippen LogP contribution in [0.4, 0.5) is 10.5 Å². The fraction of sp³-hybridized carbons (Fsp3) is 0.667. The predicted octanol–water partition coefficient (Wildman–Crippen LogP) is 4.54. The molecular weight excluding hydrogens is 406 g/mol. The lowest BCUT2D eigenvalue weighted by Crippen LogP contribution is -2.48. The SMILES string of the molecule is CC(C)(C)OC(=O)N[C@H]1CCCN(Cc2ccc(Br)cc2N2CCCC2)C1. The van der Waals surface area contributed by atoms with Gasteiger partial charge in [0.15, 0.2) is 0 Å². The van der Waals surface area contributed by atoms with Gasteiger partial charge in [0.2, 0.25) is 0 Å². The monoisotopic (exact) mass is 437 g/mol. The summed E-state index contributed by atoms with van der Waals surface area (Å²) in [4.78, 5) is 17.0. The maximum atomic E-state index is 12.1. The van der Waals surface area contributed by atoms with Crippen LogP contribution in [0.2, 0.25) is 0 Å². The molecule has 0 bridgehead atoms. The Labute approximate surface area is 171 Å². The number of rotatable bonds is 4. The molecular formula is C21H32BrN3O2. The molecule has 2 aliphatic rings. The maximum absolute atomic E-state index is 12.1. The molecule has 2 fully saturated rings. The van der Waals surface area contributed by atoms with Gasteiger partial charge < -0.3 is 15.0 Å². The van der Waals surface area contributed by atoms with Crippen LogP contribution in [-0.2, 0) is 11.3 Å². The lowest BCUT2D eigenvalue weighted by molar-refractivity contribution is 0.0470. The highest BCUT2D eigenvalue weighted by Crippen LogP contribution is 2.29. The second-order valence-corrected chi connectivity index (χ2v) is 9.60. The first-order chi connectivity index (χ1) is 12.8. The number of halogens is 1. The minimum absolute atomic E-state index is 0.152. The van der Waals surface area contributed by atoms with E-state index in [0.717, 1.165) is 50.0 Å². The molecule has 0 unspecified atom stereocenters. The second-order valence-electron chi connectivity index (χ2n) is 8.69. The zero-order valence-corrected chi connectivity index (χ0v) is 18.3. The van der Waals surface area contributed by atoms with Gasteiger partial charge in [0.1, 0.15) is 5.60 Å². The number of amides is 1. The van der Waals surface area contributed by atoms with Crippen molar-refractivity contribution < 1.29 is 9.53 Å². The lowest BCUT2D eigenvalue weighted by atomic mass is 10.0. The van der Waals surface area contributed by atoms with Crippen molar-refractivity contribution in [1.29, 1.82) is 0 Å². The maximum Gasteiger partial charge on any atom is 0.407 e. The number of anilines is 1. The van der Waals surface area contributed by atoms with Crippen LogP contribution < -0.4 is 10.2 Å². The molecule has 0 radical (unpaired) electrons. The summed E-state index contributed by atoms with van der Waals surface area (Å²) >= 11 is 3.63. The van der Waals surface area contributed by atoms with E-state index in [2.05, 4.69) is 49.2 Å². The molecule has 5 nitrogen and oxygen atoms in total. The van der Waals surface area contributed by atoms with Crippen LogP contribution in [0.3, 0.4) is 0 Å². The van der Waals surface area contributed by atoms with Crippen LogP contribution in [-0.4, -0.2) is 48.8 Å². The third-order valence-electron chi connectivity index (χ3n) is 5.11. The Morgan fingerprint density at radius 2 is 1.96 bits per heavy atom. The number of hydrogen-bond donors (Lipinski definition) is 1. The van der Waals surface area contributed by atoms with Crippen molar-refractivity contribution in [3.8, 4) is 0 Å². The molecule has 2 aliphatic heterocycles. The average molecular weight is 438 g/mol. The normalized spacial score (nSPS) is 21.3. The van der Waals surface area contributed by atoms with Gasteiger partial charge >= 0.3 is 6.09 Å². The molecule has 0 aromatic heterocycles. The first-order valence-electron chi connectivity index (χ1n) is 10.1. The molecule has 6 heteroatoms. The fourth-order valence-electron chi connectivity index (χ4n) is 3.96. The summed E-state index contributed by atoms with van der Waals surface area (Å²) in [5.74, 6) is 0. The smallest absolute Gasteiger partial charge is 0.407 e. The summed E-state index contributed by atoms with van der Waals surface area (Å²) in [6.45, 7) is 10.8. The van der Waals surface area contributed by atoms with E-state index < -0.39 is 5.60 Å². The van der Waals surface area contributed by atoms with Gasteiger partial charge in [0.25, 0.3) is 0 Å². The fourth-order valence-corrected chi connectivity index (χ4v) is 4.30. The van der Waals surface area contributed by atoms with Gasteiger partial charge in [0.05, 0.1) is 0 Å². The number of carbonyl (C=O) groups excluding carboxylic acids is 1. The van der Waals surface area contributed by atoms with Crippen LogP contribution in [0.25, 0.3) is 0 Å². The molecule has 27 heavy (non-hydrogen) atoms. The summed E-state index contributed by atoms with van der Waals surface area (Å²) in [5.41, 5.74) is 2.27. The Balaban J connectivity index is 1.61. The topological polar surface area (TPSA) is 44.8 Å². The zero-order valence-electron chi connectivity index (χ0n) is 16.8. The molecule has 2 saturated heterocycles. The minimum atomic E-state index is -0.458. The number of alkyl carbamates (subject to hydrolysis) is 1. The zero-order chi connectivity index (χ0) is 19.4.